The van der Waals surface area contributed by atoms with E-state index in [1.165, 1.54) is 7.11 Å². The van der Waals surface area contributed by atoms with Crippen molar-refractivity contribution < 1.29 is 19.5 Å². The molecule has 1 aromatic heterocycles. The highest BCUT2D eigenvalue weighted by atomic mass is 79.9. The van der Waals surface area contributed by atoms with Crippen LogP contribution in [-0.4, -0.2) is 59.1 Å². The van der Waals surface area contributed by atoms with E-state index in [0.717, 1.165) is 18.5 Å². The summed E-state index contributed by atoms with van der Waals surface area (Å²) in [4.78, 5) is 25.2. The average Bonchev–Trinajstić information content (AvgIpc) is 3.31. The van der Waals surface area contributed by atoms with Crippen LogP contribution in [0.25, 0.3) is 0 Å². The zero-order chi connectivity index (χ0) is 20.3. The van der Waals surface area contributed by atoms with Gasteiger partial charge in [-0.05, 0) is 50.8 Å². The number of carbonyl (C=O) groups is 1. The summed E-state index contributed by atoms with van der Waals surface area (Å²) in [5, 5.41) is 20.3. The number of aryl methyl sites for hydroxylation is 1. The number of carbonyl (C=O) groups excluding carboxylic acids is 1. The Hall–Kier alpha value is -1.85. The van der Waals surface area contributed by atoms with Crippen molar-refractivity contribution in [3.05, 3.63) is 32.7 Å². The van der Waals surface area contributed by atoms with E-state index in [1.54, 1.807) is 19.3 Å². The van der Waals surface area contributed by atoms with Crippen LogP contribution in [0, 0.1) is 0 Å². The Bertz CT molecular complexity index is 850. The lowest BCUT2D eigenvalue weighted by atomic mass is 9.87. The number of aliphatic hydroxyl groups is 1. The molecule has 0 fully saturated rings. The molecule has 2 aliphatic rings. The quantitative estimate of drug-likeness (QED) is 0.409. The van der Waals surface area contributed by atoms with Crippen molar-refractivity contribution in [2.24, 2.45) is 5.16 Å². The number of amides is 1. The molecule has 1 aromatic rings. The summed E-state index contributed by atoms with van der Waals surface area (Å²) in [5.74, 6) is 0.871. The van der Waals surface area contributed by atoms with Gasteiger partial charge < -0.3 is 30.3 Å². The molecule has 152 valence electrons. The van der Waals surface area contributed by atoms with E-state index in [1.807, 2.05) is 0 Å². The fourth-order valence-corrected chi connectivity index (χ4v) is 4.81. The van der Waals surface area contributed by atoms with Gasteiger partial charge in [-0.2, -0.15) is 0 Å². The van der Waals surface area contributed by atoms with Gasteiger partial charge in [-0.25, -0.2) is 4.98 Å². The highest BCUT2D eigenvalue weighted by Gasteiger charge is 2.50. The molecule has 1 spiro atoms. The second kappa shape index (κ2) is 8.66. The molecule has 1 amide bonds. The van der Waals surface area contributed by atoms with E-state index in [2.05, 4.69) is 57.6 Å². The predicted molar refractivity (Wildman–Crippen MR) is 111 cm³/mol. The summed E-state index contributed by atoms with van der Waals surface area (Å²) in [6.45, 7) is 0.484. The Balaban J connectivity index is 1.52. The molecule has 3 rings (SSSR count). The number of nitrogens with one attached hydrogen (secondary N) is 3. The molecule has 2 unspecified atom stereocenters. The first-order valence-corrected chi connectivity index (χ1v) is 10.2. The number of ether oxygens (including phenoxy) is 1. The fourth-order valence-electron chi connectivity index (χ4n) is 3.01. The number of rotatable bonds is 7. The molecule has 2 heterocycles. The SMILES string of the molecule is CNc1ncc(CCCNC(=O)C2=NOC3(C=C(Br)C(OC)=C(Br)C3O)C2)[nH]1. The molecule has 0 radical (unpaired) electrons. The van der Waals surface area contributed by atoms with E-state index in [-0.39, 0.29) is 18.0 Å². The minimum Gasteiger partial charge on any atom is -0.495 e. The van der Waals surface area contributed by atoms with Gasteiger partial charge in [-0.1, -0.05) is 5.16 Å². The van der Waals surface area contributed by atoms with Gasteiger partial charge in [0.25, 0.3) is 5.91 Å². The molecule has 2 atom stereocenters. The van der Waals surface area contributed by atoms with Crippen LogP contribution in [0.5, 0.6) is 0 Å². The molecular formula is C17H21Br2N5O4. The first-order valence-electron chi connectivity index (χ1n) is 8.65. The van der Waals surface area contributed by atoms with Crippen LogP contribution in [-0.2, 0) is 20.8 Å². The smallest absolute Gasteiger partial charge is 0.269 e. The van der Waals surface area contributed by atoms with Crippen molar-refractivity contribution >= 4 is 49.4 Å². The number of H-pyrrole nitrogens is 1. The van der Waals surface area contributed by atoms with E-state index in [4.69, 9.17) is 9.57 Å². The third-order valence-corrected chi connectivity index (χ3v) is 5.90. The number of oxime groups is 1. The number of allylic oxidation sites excluding steroid dienone is 1. The molecule has 1 aliphatic carbocycles. The molecule has 0 bridgehead atoms. The molecule has 0 saturated heterocycles. The summed E-state index contributed by atoms with van der Waals surface area (Å²) >= 11 is 6.73. The number of anilines is 1. The number of nitrogens with zero attached hydrogens (tertiary/aromatic N) is 2. The number of aliphatic hydroxyl groups excluding tert-OH is 1. The Kier molecular flexibility index (Phi) is 6.46. The van der Waals surface area contributed by atoms with Gasteiger partial charge in [0.2, 0.25) is 0 Å². The Morgan fingerprint density at radius 3 is 3.00 bits per heavy atom. The minimum absolute atomic E-state index is 0.146. The maximum atomic E-state index is 12.4. The van der Waals surface area contributed by atoms with E-state index in [9.17, 15) is 9.90 Å². The molecule has 0 saturated carbocycles. The van der Waals surface area contributed by atoms with Gasteiger partial charge in [-0.15, -0.1) is 0 Å². The summed E-state index contributed by atoms with van der Waals surface area (Å²) in [5.41, 5.74) is 0.0760. The van der Waals surface area contributed by atoms with Crippen molar-refractivity contribution in [3.8, 4) is 0 Å². The van der Waals surface area contributed by atoms with Gasteiger partial charge in [0.15, 0.2) is 11.5 Å². The summed E-state index contributed by atoms with van der Waals surface area (Å²) < 4.78 is 6.30. The first kappa shape index (κ1) is 20.9. The summed E-state index contributed by atoms with van der Waals surface area (Å²) in [7, 11) is 3.30. The van der Waals surface area contributed by atoms with Crippen LogP contribution in [0.15, 0.2) is 32.2 Å². The summed E-state index contributed by atoms with van der Waals surface area (Å²) in [6, 6.07) is 0. The van der Waals surface area contributed by atoms with E-state index in [0.29, 0.717) is 27.2 Å². The first-order chi connectivity index (χ1) is 13.4. The zero-order valence-electron chi connectivity index (χ0n) is 15.4. The monoisotopic (exact) mass is 517 g/mol. The maximum Gasteiger partial charge on any atom is 0.269 e. The van der Waals surface area contributed by atoms with Gasteiger partial charge >= 0.3 is 0 Å². The van der Waals surface area contributed by atoms with Gasteiger partial charge in [0, 0.05) is 25.7 Å². The highest BCUT2D eigenvalue weighted by Crippen LogP contribution is 2.43. The topological polar surface area (TPSA) is 121 Å². The molecule has 1 aliphatic heterocycles. The number of methoxy groups -OCH3 is 1. The molecule has 11 heteroatoms. The molecule has 4 N–H and O–H groups in total. The van der Waals surface area contributed by atoms with Crippen LogP contribution in [0.4, 0.5) is 5.95 Å². The number of aromatic nitrogens is 2. The second-order valence-corrected chi connectivity index (χ2v) is 8.11. The Morgan fingerprint density at radius 2 is 2.32 bits per heavy atom. The van der Waals surface area contributed by atoms with E-state index < -0.39 is 11.7 Å². The van der Waals surface area contributed by atoms with Crippen LogP contribution < -0.4 is 10.6 Å². The van der Waals surface area contributed by atoms with Gasteiger partial charge in [0.05, 0.1) is 22.3 Å². The van der Waals surface area contributed by atoms with Gasteiger partial charge in [-0.3, -0.25) is 4.79 Å². The Labute approximate surface area is 178 Å². The van der Waals surface area contributed by atoms with Crippen molar-refractivity contribution in [2.45, 2.75) is 31.0 Å². The number of hydrogen-bond acceptors (Lipinski definition) is 7. The molecular weight excluding hydrogens is 498 g/mol. The van der Waals surface area contributed by atoms with E-state index >= 15 is 0 Å². The standard InChI is InChI=1S/C17H21Br2N5O4/c1-20-16-22-8-9(23-16)4-3-5-21-15(26)11-7-17(28-24-11)6-10(18)13(27-2)12(19)14(17)25/h6,8,14,25H,3-5,7H2,1-2H3,(H,21,26)(H2,20,22,23). The lowest BCUT2D eigenvalue weighted by Gasteiger charge is -2.33. The third-order valence-electron chi connectivity index (χ3n) is 4.52. The second-order valence-electron chi connectivity index (χ2n) is 6.40. The summed E-state index contributed by atoms with van der Waals surface area (Å²) in [6.07, 6.45) is 4.04. The Morgan fingerprint density at radius 1 is 1.54 bits per heavy atom. The number of hydrogen-bond donors (Lipinski definition) is 4. The normalized spacial score (nSPS) is 24.0. The van der Waals surface area contributed by atoms with Crippen molar-refractivity contribution in [1.82, 2.24) is 15.3 Å². The van der Waals surface area contributed by atoms with Crippen LogP contribution >= 0.6 is 31.9 Å². The lowest BCUT2D eigenvalue weighted by molar-refractivity contribution is -0.114. The fraction of sp³-hybridized carbons (Fsp3) is 0.471. The van der Waals surface area contributed by atoms with Crippen LogP contribution in [0.2, 0.25) is 0 Å². The molecule has 9 nitrogen and oxygen atoms in total. The molecule has 28 heavy (non-hydrogen) atoms. The zero-order valence-corrected chi connectivity index (χ0v) is 18.6. The van der Waals surface area contributed by atoms with Crippen molar-refractivity contribution in [3.63, 3.8) is 0 Å². The number of halogens is 2. The molecule has 0 aromatic carbocycles. The average molecular weight is 519 g/mol. The van der Waals surface area contributed by atoms with Crippen LogP contribution in [0.1, 0.15) is 18.5 Å². The maximum absolute atomic E-state index is 12.4. The van der Waals surface area contributed by atoms with Crippen molar-refractivity contribution in [1.29, 1.82) is 0 Å². The predicted octanol–water partition coefficient (Wildman–Crippen LogP) is 1.92. The minimum atomic E-state index is -1.15. The van der Waals surface area contributed by atoms with Crippen LogP contribution in [0.3, 0.4) is 0 Å². The number of imidazole rings is 1. The number of aromatic amines is 1. The van der Waals surface area contributed by atoms with Crippen molar-refractivity contribution in [2.75, 3.05) is 26.0 Å². The van der Waals surface area contributed by atoms with Gasteiger partial charge in [0.1, 0.15) is 17.6 Å². The third kappa shape index (κ3) is 4.11. The lowest BCUT2D eigenvalue weighted by Crippen LogP contribution is -2.45. The highest BCUT2D eigenvalue weighted by molar-refractivity contribution is 9.12. The largest absolute Gasteiger partial charge is 0.495 e.